The first-order valence-corrected chi connectivity index (χ1v) is 12.6. The average Bonchev–Trinajstić information content (AvgIpc) is 3.33. The SMILES string of the molecule is c1ccc(C2CCC(c3ccccc3)(c3ccccc3)C2(c2ccccc2)c2ccccc2)cc1. The van der Waals surface area contributed by atoms with Gasteiger partial charge in [0.2, 0.25) is 0 Å². The Hall–Kier alpha value is -3.90. The van der Waals surface area contributed by atoms with Crippen LogP contribution in [0.15, 0.2) is 152 Å². The molecule has 1 atom stereocenters. The van der Waals surface area contributed by atoms with Crippen molar-refractivity contribution in [3.8, 4) is 0 Å². The molecule has 35 heavy (non-hydrogen) atoms. The van der Waals surface area contributed by atoms with E-state index in [-0.39, 0.29) is 10.8 Å². The van der Waals surface area contributed by atoms with Gasteiger partial charge in [-0.2, -0.15) is 0 Å². The summed E-state index contributed by atoms with van der Waals surface area (Å²) in [6.07, 6.45) is 2.18. The summed E-state index contributed by atoms with van der Waals surface area (Å²) in [6.45, 7) is 0. The topological polar surface area (TPSA) is 0 Å². The van der Waals surface area contributed by atoms with Gasteiger partial charge in [0.1, 0.15) is 0 Å². The molecule has 0 heterocycles. The molecule has 0 aromatic heterocycles. The van der Waals surface area contributed by atoms with E-state index in [0.29, 0.717) is 5.92 Å². The lowest BCUT2D eigenvalue weighted by Gasteiger charge is -2.51. The highest BCUT2D eigenvalue weighted by Crippen LogP contribution is 2.67. The third-order valence-electron chi connectivity index (χ3n) is 8.20. The van der Waals surface area contributed by atoms with Crippen molar-refractivity contribution in [2.24, 2.45) is 0 Å². The van der Waals surface area contributed by atoms with Gasteiger partial charge < -0.3 is 0 Å². The smallest absolute Gasteiger partial charge is 0.0408 e. The van der Waals surface area contributed by atoms with Gasteiger partial charge in [-0.1, -0.05) is 152 Å². The molecule has 1 aliphatic rings. The van der Waals surface area contributed by atoms with E-state index in [0.717, 1.165) is 12.8 Å². The molecule has 1 unspecified atom stereocenters. The summed E-state index contributed by atoms with van der Waals surface area (Å²) in [5.74, 6) is 0.328. The summed E-state index contributed by atoms with van der Waals surface area (Å²) in [5, 5.41) is 0. The third-order valence-corrected chi connectivity index (χ3v) is 8.20. The van der Waals surface area contributed by atoms with Gasteiger partial charge in [0.15, 0.2) is 0 Å². The van der Waals surface area contributed by atoms with E-state index >= 15 is 0 Å². The van der Waals surface area contributed by atoms with Crippen molar-refractivity contribution < 1.29 is 0 Å². The minimum Gasteiger partial charge on any atom is -0.0622 e. The van der Waals surface area contributed by atoms with Crippen LogP contribution in [-0.2, 0) is 10.8 Å². The Morgan fingerprint density at radius 2 is 0.743 bits per heavy atom. The second-order valence-electron chi connectivity index (χ2n) is 9.68. The highest BCUT2D eigenvalue weighted by Gasteiger charge is 2.63. The molecule has 0 spiro atoms. The molecule has 0 bridgehead atoms. The molecule has 0 saturated heterocycles. The Morgan fingerprint density at radius 1 is 0.400 bits per heavy atom. The molecule has 0 amide bonds. The first-order chi connectivity index (χ1) is 17.4. The van der Waals surface area contributed by atoms with Crippen LogP contribution in [0.25, 0.3) is 0 Å². The lowest BCUT2D eigenvalue weighted by molar-refractivity contribution is 0.334. The van der Waals surface area contributed by atoms with Crippen molar-refractivity contribution in [1.29, 1.82) is 0 Å². The zero-order chi connectivity index (χ0) is 23.6. The van der Waals surface area contributed by atoms with E-state index in [1.807, 2.05) is 0 Å². The number of hydrogen-bond donors (Lipinski definition) is 0. The number of hydrogen-bond acceptors (Lipinski definition) is 0. The third kappa shape index (κ3) is 3.28. The first-order valence-electron chi connectivity index (χ1n) is 12.6. The van der Waals surface area contributed by atoms with E-state index in [1.54, 1.807) is 0 Å². The highest BCUT2D eigenvalue weighted by molar-refractivity contribution is 5.60. The lowest BCUT2D eigenvalue weighted by Crippen LogP contribution is -2.49. The van der Waals surface area contributed by atoms with Crippen LogP contribution >= 0.6 is 0 Å². The normalized spacial score (nSPS) is 18.2. The second kappa shape index (κ2) is 9.04. The minimum absolute atomic E-state index is 0.223. The van der Waals surface area contributed by atoms with E-state index < -0.39 is 0 Å². The Labute approximate surface area is 208 Å². The van der Waals surface area contributed by atoms with E-state index in [2.05, 4.69) is 152 Å². The lowest BCUT2D eigenvalue weighted by atomic mass is 9.50. The molecule has 0 heteroatoms. The van der Waals surface area contributed by atoms with Gasteiger partial charge in [-0.3, -0.25) is 0 Å². The molecule has 5 aromatic carbocycles. The van der Waals surface area contributed by atoms with Crippen molar-refractivity contribution in [3.05, 3.63) is 179 Å². The van der Waals surface area contributed by atoms with E-state index in [4.69, 9.17) is 0 Å². The molecule has 5 aromatic rings. The second-order valence-corrected chi connectivity index (χ2v) is 9.68. The van der Waals surface area contributed by atoms with Gasteiger partial charge in [-0.25, -0.2) is 0 Å². The van der Waals surface area contributed by atoms with Gasteiger partial charge in [0, 0.05) is 10.8 Å². The molecule has 0 nitrogen and oxygen atoms in total. The van der Waals surface area contributed by atoms with Gasteiger partial charge >= 0.3 is 0 Å². The van der Waals surface area contributed by atoms with Crippen LogP contribution in [-0.4, -0.2) is 0 Å². The molecule has 170 valence electrons. The summed E-state index contributed by atoms with van der Waals surface area (Å²) in [6, 6.07) is 56.2. The maximum Gasteiger partial charge on any atom is 0.0408 e. The fraction of sp³-hybridized carbons (Fsp3) is 0.143. The predicted octanol–water partition coefficient (Wildman–Crippen LogP) is 8.54. The van der Waals surface area contributed by atoms with Crippen LogP contribution in [0.5, 0.6) is 0 Å². The summed E-state index contributed by atoms with van der Waals surface area (Å²) >= 11 is 0. The van der Waals surface area contributed by atoms with Crippen LogP contribution in [0, 0.1) is 0 Å². The molecule has 1 fully saturated rings. The maximum absolute atomic E-state index is 2.36. The Bertz CT molecular complexity index is 1280. The zero-order valence-electron chi connectivity index (χ0n) is 19.9. The van der Waals surface area contributed by atoms with Crippen LogP contribution in [0.1, 0.15) is 46.6 Å². The Kier molecular flexibility index (Phi) is 5.58. The fourth-order valence-corrected chi connectivity index (χ4v) is 6.99. The molecule has 6 rings (SSSR count). The first kappa shape index (κ1) is 21.6. The van der Waals surface area contributed by atoms with Crippen LogP contribution in [0.3, 0.4) is 0 Å². The van der Waals surface area contributed by atoms with Crippen molar-refractivity contribution >= 4 is 0 Å². The maximum atomic E-state index is 2.36. The van der Waals surface area contributed by atoms with Crippen LogP contribution in [0.2, 0.25) is 0 Å². The molecule has 1 aliphatic carbocycles. The minimum atomic E-state index is -0.278. The Balaban J connectivity index is 1.80. The standard InChI is InChI=1S/C35H30/c1-6-16-28(17-7-1)33-26-27-34(29-18-8-2-9-19-29,30-20-10-3-11-21-30)35(33,31-22-12-4-13-23-31)32-24-14-5-15-25-32/h1-25,33H,26-27H2. The van der Waals surface area contributed by atoms with Gasteiger partial charge in [0.25, 0.3) is 0 Å². The van der Waals surface area contributed by atoms with Crippen molar-refractivity contribution in [3.63, 3.8) is 0 Å². The van der Waals surface area contributed by atoms with Crippen LogP contribution < -0.4 is 0 Å². The van der Waals surface area contributed by atoms with Crippen molar-refractivity contribution in [1.82, 2.24) is 0 Å². The summed E-state index contributed by atoms with van der Waals surface area (Å²) < 4.78 is 0. The van der Waals surface area contributed by atoms with Crippen molar-refractivity contribution in [2.45, 2.75) is 29.6 Å². The molecule has 0 aliphatic heterocycles. The highest BCUT2D eigenvalue weighted by atomic mass is 14.6. The molecular formula is C35H30. The number of benzene rings is 5. The predicted molar refractivity (Wildman–Crippen MR) is 146 cm³/mol. The summed E-state index contributed by atoms with van der Waals surface area (Å²) in [4.78, 5) is 0. The Morgan fingerprint density at radius 3 is 1.14 bits per heavy atom. The van der Waals surface area contributed by atoms with Gasteiger partial charge in [-0.05, 0) is 46.6 Å². The molecule has 0 N–H and O–H groups in total. The summed E-state index contributed by atoms with van der Waals surface area (Å²) in [7, 11) is 0. The molecular weight excluding hydrogens is 420 g/mol. The van der Waals surface area contributed by atoms with Crippen molar-refractivity contribution in [2.75, 3.05) is 0 Å². The van der Waals surface area contributed by atoms with Crippen LogP contribution in [0.4, 0.5) is 0 Å². The van der Waals surface area contributed by atoms with E-state index in [9.17, 15) is 0 Å². The average molecular weight is 451 g/mol. The fourth-order valence-electron chi connectivity index (χ4n) is 6.99. The molecule has 0 radical (unpaired) electrons. The largest absolute Gasteiger partial charge is 0.0622 e. The van der Waals surface area contributed by atoms with Gasteiger partial charge in [-0.15, -0.1) is 0 Å². The quantitative estimate of drug-likeness (QED) is 0.252. The van der Waals surface area contributed by atoms with E-state index in [1.165, 1.54) is 27.8 Å². The van der Waals surface area contributed by atoms with Gasteiger partial charge in [0.05, 0.1) is 0 Å². The summed E-state index contributed by atoms with van der Waals surface area (Å²) in [5.41, 5.74) is 6.44. The number of rotatable bonds is 5. The monoisotopic (exact) mass is 450 g/mol. The zero-order valence-corrected chi connectivity index (χ0v) is 19.9. The molecule has 1 saturated carbocycles.